The van der Waals surface area contributed by atoms with Crippen LogP contribution in [-0.2, 0) is 28.4 Å². The van der Waals surface area contributed by atoms with Gasteiger partial charge in [0.05, 0.1) is 16.6 Å². The fourth-order valence-corrected chi connectivity index (χ4v) is 3.35. The third kappa shape index (κ3) is 3.72. The molecule has 0 amide bonds. The summed E-state index contributed by atoms with van der Waals surface area (Å²) in [6.45, 7) is 0. The van der Waals surface area contributed by atoms with Gasteiger partial charge in [-0.05, 0) is 31.1 Å². The van der Waals surface area contributed by atoms with Crippen LogP contribution in [0, 0.1) is 16.5 Å². The zero-order valence-corrected chi connectivity index (χ0v) is 18.1. The van der Waals surface area contributed by atoms with E-state index in [2.05, 4.69) is 0 Å². The second-order valence-corrected chi connectivity index (χ2v) is 8.39. The molecular weight excluding hydrogens is 453 g/mol. The number of halogens is 2. The monoisotopic (exact) mass is 469 g/mol. The molecular formula is C19H17ClFN3O6S. The lowest BCUT2D eigenvalue weighted by Gasteiger charge is -2.18. The summed E-state index contributed by atoms with van der Waals surface area (Å²) < 4.78 is 27.9. The Hall–Kier alpha value is -2.79. The lowest BCUT2D eigenvalue weighted by molar-refractivity contribution is -0.167. The second kappa shape index (κ2) is 7.41. The van der Waals surface area contributed by atoms with E-state index in [1.807, 2.05) is 0 Å². The SMILES string of the molecule is Cn1c(=S)n(C)c(=O)n(-c2cc(OC3(C(=O)OC(=O)C4CC4)CC3)c(Cl)cc2F)c1=O. The lowest BCUT2D eigenvalue weighted by Crippen LogP contribution is -2.43. The molecule has 0 radical (unpaired) electrons. The van der Waals surface area contributed by atoms with Gasteiger partial charge < -0.3 is 9.47 Å². The highest BCUT2D eigenvalue weighted by atomic mass is 35.5. The molecule has 0 bridgehead atoms. The number of carbonyl (C=O) groups is 2. The minimum absolute atomic E-state index is 0.0443. The third-order valence-corrected chi connectivity index (χ3v) is 6.10. The van der Waals surface area contributed by atoms with Gasteiger partial charge in [0, 0.05) is 33.0 Å². The highest BCUT2D eigenvalue weighted by Crippen LogP contribution is 2.44. The smallest absolute Gasteiger partial charge is 0.358 e. The molecule has 164 valence electrons. The van der Waals surface area contributed by atoms with Crippen LogP contribution < -0.4 is 16.1 Å². The Morgan fingerprint density at radius 3 is 2.26 bits per heavy atom. The van der Waals surface area contributed by atoms with Crippen LogP contribution in [0.3, 0.4) is 0 Å². The van der Waals surface area contributed by atoms with E-state index >= 15 is 0 Å². The molecule has 0 spiro atoms. The van der Waals surface area contributed by atoms with Crippen molar-refractivity contribution in [2.24, 2.45) is 20.0 Å². The predicted octanol–water partition coefficient (Wildman–Crippen LogP) is 1.79. The molecule has 0 N–H and O–H groups in total. The summed E-state index contributed by atoms with van der Waals surface area (Å²) in [7, 11) is 2.69. The maximum atomic E-state index is 14.7. The molecule has 0 aliphatic heterocycles. The van der Waals surface area contributed by atoms with E-state index < -0.39 is 40.4 Å². The zero-order valence-electron chi connectivity index (χ0n) is 16.5. The first-order chi connectivity index (χ1) is 14.6. The summed E-state index contributed by atoms with van der Waals surface area (Å²) in [6.07, 6.45) is 1.90. The molecule has 1 aromatic carbocycles. The van der Waals surface area contributed by atoms with Crippen molar-refractivity contribution in [1.82, 2.24) is 13.7 Å². The third-order valence-electron chi connectivity index (χ3n) is 5.26. The Balaban J connectivity index is 1.73. The van der Waals surface area contributed by atoms with E-state index in [9.17, 15) is 23.6 Å². The van der Waals surface area contributed by atoms with E-state index in [1.165, 1.54) is 14.1 Å². The van der Waals surface area contributed by atoms with Crippen LogP contribution in [0.15, 0.2) is 21.7 Å². The summed E-state index contributed by atoms with van der Waals surface area (Å²) in [6, 6.07) is 1.93. The van der Waals surface area contributed by atoms with E-state index in [-0.39, 0.29) is 34.3 Å². The van der Waals surface area contributed by atoms with Crippen molar-refractivity contribution in [3.05, 3.63) is 48.7 Å². The van der Waals surface area contributed by atoms with E-state index in [4.69, 9.17) is 33.3 Å². The van der Waals surface area contributed by atoms with Gasteiger partial charge in [-0.3, -0.25) is 13.9 Å². The van der Waals surface area contributed by atoms with Crippen LogP contribution in [0.4, 0.5) is 4.39 Å². The minimum Gasteiger partial charge on any atom is -0.474 e. The Bertz CT molecular complexity index is 1270. The Labute approximate surface area is 184 Å². The van der Waals surface area contributed by atoms with Gasteiger partial charge in [-0.15, -0.1) is 0 Å². The molecule has 2 aliphatic carbocycles. The van der Waals surface area contributed by atoms with Crippen molar-refractivity contribution in [3.63, 3.8) is 0 Å². The number of carbonyl (C=O) groups excluding carboxylic acids is 2. The first-order valence-electron chi connectivity index (χ1n) is 9.39. The molecule has 2 aliphatic rings. The summed E-state index contributed by atoms with van der Waals surface area (Å²) in [4.78, 5) is 49.4. The normalized spacial score (nSPS) is 16.6. The van der Waals surface area contributed by atoms with Gasteiger partial charge in [-0.2, -0.15) is 0 Å². The van der Waals surface area contributed by atoms with Crippen molar-refractivity contribution in [2.75, 3.05) is 0 Å². The summed E-state index contributed by atoms with van der Waals surface area (Å²) in [5, 5.41) is -0.178. The average Bonchev–Trinajstić information content (AvgIpc) is 3.62. The second-order valence-electron chi connectivity index (χ2n) is 7.61. The number of aromatic nitrogens is 3. The van der Waals surface area contributed by atoms with E-state index in [0.29, 0.717) is 17.4 Å². The maximum Gasteiger partial charge on any atom is 0.358 e. The molecule has 9 nitrogen and oxygen atoms in total. The quantitative estimate of drug-likeness (QED) is 0.374. The summed E-state index contributed by atoms with van der Waals surface area (Å²) in [5.74, 6) is -2.80. The standard InChI is InChI=1S/C19H17ClFN3O6S/c1-22-16(27)24(17(28)23(2)18(22)31)12-8-13(10(20)7-11(12)21)30-19(5-6-19)15(26)29-14(25)9-3-4-9/h7-9H,3-6H2,1-2H3. The van der Waals surface area contributed by atoms with Gasteiger partial charge >= 0.3 is 23.3 Å². The van der Waals surface area contributed by atoms with Crippen molar-refractivity contribution in [2.45, 2.75) is 31.3 Å². The van der Waals surface area contributed by atoms with E-state index in [1.54, 1.807) is 0 Å². The maximum absolute atomic E-state index is 14.7. The number of ether oxygens (including phenoxy) is 2. The van der Waals surface area contributed by atoms with Crippen molar-refractivity contribution < 1.29 is 23.5 Å². The molecule has 1 aromatic heterocycles. The molecule has 0 saturated heterocycles. The highest BCUT2D eigenvalue weighted by molar-refractivity contribution is 7.71. The van der Waals surface area contributed by atoms with Gasteiger partial charge in [0.15, 0.2) is 4.77 Å². The average molecular weight is 470 g/mol. The topological polar surface area (TPSA) is 102 Å². The first kappa shape index (κ1) is 21.4. The van der Waals surface area contributed by atoms with Gasteiger partial charge in [0.2, 0.25) is 5.60 Å². The van der Waals surface area contributed by atoms with Gasteiger partial charge in [-0.25, -0.2) is 23.3 Å². The molecule has 2 saturated carbocycles. The number of benzene rings is 1. The molecule has 2 aromatic rings. The molecule has 0 unspecified atom stereocenters. The van der Waals surface area contributed by atoms with Crippen molar-refractivity contribution in [3.8, 4) is 11.4 Å². The number of hydrogen-bond donors (Lipinski definition) is 0. The van der Waals surface area contributed by atoms with Crippen molar-refractivity contribution >= 4 is 35.8 Å². The van der Waals surface area contributed by atoms with Crippen LogP contribution in [0.2, 0.25) is 5.02 Å². The Kier molecular flexibility index (Phi) is 5.13. The Morgan fingerprint density at radius 2 is 1.74 bits per heavy atom. The zero-order chi connectivity index (χ0) is 22.7. The number of esters is 2. The van der Waals surface area contributed by atoms with Crippen LogP contribution in [0.1, 0.15) is 25.7 Å². The molecule has 2 fully saturated rings. The summed E-state index contributed by atoms with van der Waals surface area (Å²) >= 11 is 11.1. The molecule has 4 rings (SSSR count). The number of nitrogens with zero attached hydrogens (tertiary/aromatic N) is 3. The van der Waals surface area contributed by atoms with Gasteiger partial charge in [0.25, 0.3) is 0 Å². The fraction of sp³-hybridized carbons (Fsp3) is 0.421. The molecule has 1 heterocycles. The minimum atomic E-state index is -1.42. The van der Waals surface area contributed by atoms with Crippen LogP contribution in [-0.4, -0.2) is 31.2 Å². The summed E-state index contributed by atoms with van der Waals surface area (Å²) in [5.41, 5.74) is -3.57. The van der Waals surface area contributed by atoms with Crippen molar-refractivity contribution in [1.29, 1.82) is 0 Å². The fourth-order valence-electron chi connectivity index (χ4n) is 3.00. The largest absolute Gasteiger partial charge is 0.474 e. The number of hydrogen-bond acceptors (Lipinski definition) is 7. The predicted molar refractivity (Wildman–Crippen MR) is 108 cm³/mol. The molecule has 0 atom stereocenters. The van der Waals surface area contributed by atoms with Crippen LogP contribution in [0.5, 0.6) is 5.75 Å². The van der Waals surface area contributed by atoms with E-state index in [0.717, 1.165) is 21.3 Å². The van der Waals surface area contributed by atoms with Gasteiger partial charge in [0.1, 0.15) is 11.6 Å². The van der Waals surface area contributed by atoms with Gasteiger partial charge in [-0.1, -0.05) is 11.6 Å². The molecule has 31 heavy (non-hydrogen) atoms. The van der Waals surface area contributed by atoms with Crippen LogP contribution >= 0.6 is 23.8 Å². The number of rotatable bonds is 5. The first-order valence-corrected chi connectivity index (χ1v) is 10.2. The Morgan fingerprint density at radius 1 is 1.16 bits per heavy atom. The highest BCUT2D eigenvalue weighted by Gasteiger charge is 2.56. The lowest BCUT2D eigenvalue weighted by atomic mass is 10.2. The van der Waals surface area contributed by atoms with Crippen LogP contribution in [0.25, 0.3) is 5.69 Å². The molecule has 12 heteroatoms.